The van der Waals surface area contributed by atoms with Crippen molar-refractivity contribution in [3.63, 3.8) is 0 Å². The van der Waals surface area contributed by atoms with Gasteiger partial charge in [-0.3, -0.25) is 0 Å². The SMILES string of the molecule is Nc1cc2nnnn2c2ccccc12. The van der Waals surface area contributed by atoms with Crippen LogP contribution in [0.1, 0.15) is 0 Å². The number of nitrogens with zero attached hydrogens (tertiary/aromatic N) is 4. The third kappa shape index (κ3) is 0.806. The van der Waals surface area contributed by atoms with Gasteiger partial charge in [0.2, 0.25) is 0 Å². The quantitative estimate of drug-likeness (QED) is 0.564. The predicted molar refractivity (Wildman–Crippen MR) is 52.7 cm³/mol. The van der Waals surface area contributed by atoms with Gasteiger partial charge in [0, 0.05) is 17.1 Å². The number of hydrogen-bond acceptors (Lipinski definition) is 4. The largest absolute Gasteiger partial charge is 0.398 e. The normalized spacial score (nSPS) is 11.1. The van der Waals surface area contributed by atoms with Crippen molar-refractivity contribution >= 4 is 22.2 Å². The average Bonchev–Trinajstić information content (AvgIpc) is 2.66. The molecule has 0 aliphatic rings. The third-order valence-electron chi connectivity index (χ3n) is 2.22. The smallest absolute Gasteiger partial charge is 0.182 e. The van der Waals surface area contributed by atoms with E-state index in [1.807, 2.05) is 24.3 Å². The number of para-hydroxylation sites is 1. The Morgan fingerprint density at radius 1 is 1.21 bits per heavy atom. The summed E-state index contributed by atoms with van der Waals surface area (Å²) >= 11 is 0. The zero-order valence-electron chi connectivity index (χ0n) is 7.25. The van der Waals surface area contributed by atoms with Crippen LogP contribution in [0.5, 0.6) is 0 Å². The number of rotatable bonds is 0. The van der Waals surface area contributed by atoms with Crippen LogP contribution in [0.25, 0.3) is 16.6 Å². The van der Waals surface area contributed by atoms with E-state index in [1.165, 1.54) is 0 Å². The maximum Gasteiger partial charge on any atom is 0.182 e. The van der Waals surface area contributed by atoms with Crippen molar-refractivity contribution in [2.75, 3.05) is 5.73 Å². The van der Waals surface area contributed by atoms with Gasteiger partial charge in [-0.15, -0.1) is 5.10 Å². The lowest BCUT2D eigenvalue weighted by atomic mass is 10.2. The Labute approximate surface area is 79.1 Å². The first-order chi connectivity index (χ1) is 6.86. The summed E-state index contributed by atoms with van der Waals surface area (Å²) in [6, 6.07) is 9.53. The van der Waals surface area contributed by atoms with Crippen LogP contribution < -0.4 is 5.73 Å². The highest BCUT2D eigenvalue weighted by atomic mass is 15.5. The molecule has 0 fully saturated rings. The van der Waals surface area contributed by atoms with E-state index in [1.54, 1.807) is 10.6 Å². The second-order valence-corrected chi connectivity index (χ2v) is 3.07. The molecule has 5 heteroatoms. The number of tetrazole rings is 1. The van der Waals surface area contributed by atoms with E-state index in [0.717, 1.165) is 10.9 Å². The molecule has 0 atom stereocenters. The number of nitrogens with two attached hydrogens (primary N) is 1. The molecule has 0 amide bonds. The first-order valence-electron chi connectivity index (χ1n) is 4.21. The molecular weight excluding hydrogens is 178 g/mol. The number of fused-ring (bicyclic) bond motifs is 3. The summed E-state index contributed by atoms with van der Waals surface area (Å²) < 4.78 is 1.67. The zero-order chi connectivity index (χ0) is 9.54. The van der Waals surface area contributed by atoms with Crippen molar-refractivity contribution in [3.05, 3.63) is 30.3 Å². The molecule has 3 aromatic rings. The fraction of sp³-hybridized carbons (Fsp3) is 0. The van der Waals surface area contributed by atoms with Crippen LogP contribution in [0, 0.1) is 0 Å². The lowest BCUT2D eigenvalue weighted by molar-refractivity contribution is 0.842. The molecule has 0 spiro atoms. The summed E-state index contributed by atoms with van der Waals surface area (Å²) in [5.74, 6) is 0. The van der Waals surface area contributed by atoms with E-state index < -0.39 is 0 Å². The number of pyridine rings is 1. The van der Waals surface area contributed by atoms with Crippen LogP contribution in [0.15, 0.2) is 30.3 Å². The zero-order valence-corrected chi connectivity index (χ0v) is 7.25. The van der Waals surface area contributed by atoms with Crippen LogP contribution in [-0.2, 0) is 0 Å². The molecule has 0 aliphatic heterocycles. The van der Waals surface area contributed by atoms with E-state index in [4.69, 9.17) is 5.73 Å². The highest BCUT2D eigenvalue weighted by molar-refractivity contribution is 5.92. The van der Waals surface area contributed by atoms with Gasteiger partial charge in [-0.05, 0) is 16.5 Å². The monoisotopic (exact) mass is 185 g/mol. The number of aromatic nitrogens is 4. The fourth-order valence-electron chi connectivity index (χ4n) is 1.57. The highest BCUT2D eigenvalue weighted by Crippen LogP contribution is 2.21. The van der Waals surface area contributed by atoms with Crippen molar-refractivity contribution in [1.29, 1.82) is 0 Å². The fourth-order valence-corrected chi connectivity index (χ4v) is 1.57. The standard InChI is InChI=1S/C9H7N5/c10-7-5-9-11-12-13-14(9)8-4-2-1-3-6(7)8/h1-5H,10H2. The first-order valence-corrected chi connectivity index (χ1v) is 4.21. The molecule has 3 rings (SSSR count). The molecule has 0 saturated heterocycles. The Kier molecular flexibility index (Phi) is 1.25. The van der Waals surface area contributed by atoms with Gasteiger partial charge in [-0.25, -0.2) is 0 Å². The summed E-state index contributed by atoms with van der Waals surface area (Å²) in [6.45, 7) is 0. The topological polar surface area (TPSA) is 69.1 Å². The molecule has 0 radical (unpaired) electrons. The van der Waals surface area contributed by atoms with E-state index in [2.05, 4.69) is 15.5 Å². The molecule has 0 aliphatic carbocycles. The van der Waals surface area contributed by atoms with Crippen molar-refractivity contribution in [2.45, 2.75) is 0 Å². The predicted octanol–water partition coefficient (Wildman–Crippen LogP) is 0.860. The van der Waals surface area contributed by atoms with Gasteiger partial charge in [-0.1, -0.05) is 18.2 Å². The van der Waals surface area contributed by atoms with Crippen molar-refractivity contribution in [2.24, 2.45) is 0 Å². The summed E-state index contributed by atoms with van der Waals surface area (Å²) in [6.07, 6.45) is 0. The molecule has 2 heterocycles. The van der Waals surface area contributed by atoms with Crippen molar-refractivity contribution in [1.82, 2.24) is 20.0 Å². The molecular formula is C9H7N5. The Balaban J connectivity index is 2.67. The summed E-state index contributed by atoms with van der Waals surface area (Å²) in [4.78, 5) is 0. The Morgan fingerprint density at radius 2 is 2.07 bits per heavy atom. The lowest BCUT2D eigenvalue weighted by Crippen LogP contribution is -1.95. The van der Waals surface area contributed by atoms with Crippen molar-refractivity contribution in [3.8, 4) is 0 Å². The minimum atomic E-state index is 0.668. The third-order valence-corrected chi connectivity index (χ3v) is 2.22. The molecule has 5 nitrogen and oxygen atoms in total. The number of benzene rings is 1. The Morgan fingerprint density at radius 3 is 3.00 bits per heavy atom. The highest BCUT2D eigenvalue weighted by Gasteiger charge is 2.04. The molecule has 2 aromatic heterocycles. The maximum atomic E-state index is 5.87. The van der Waals surface area contributed by atoms with E-state index in [0.29, 0.717) is 11.3 Å². The van der Waals surface area contributed by atoms with Crippen LogP contribution in [0.2, 0.25) is 0 Å². The van der Waals surface area contributed by atoms with Gasteiger partial charge in [0.05, 0.1) is 5.52 Å². The van der Waals surface area contributed by atoms with Crippen LogP contribution in [0.4, 0.5) is 5.69 Å². The Bertz CT molecular complexity index is 613. The van der Waals surface area contributed by atoms with Gasteiger partial charge in [0.15, 0.2) is 5.65 Å². The van der Waals surface area contributed by atoms with Gasteiger partial charge in [-0.2, -0.15) is 4.52 Å². The van der Waals surface area contributed by atoms with Gasteiger partial charge < -0.3 is 5.73 Å². The molecule has 2 N–H and O–H groups in total. The molecule has 0 unspecified atom stereocenters. The first kappa shape index (κ1) is 7.25. The second kappa shape index (κ2) is 2.41. The van der Waals surface area contributed by atoms with E-state index in [-0.39, 0.29) is 0 Å². The van der Waals surface area contributed by atoms with Gasteiger partial charge in [0.1, 0.15) is 0 Å². The molecule has 0 saturated carbocycles. The lowest BCUT2D eigenvalue weighted by Gasteiger charge is -2.01. The minimum absolute atomic E-state index is 0.668. The van der Waals surface area contributed by atoms with E-state index in [9.17, 15) is 0 Å². The van der Waals surface area contributed by atoms with Crippen molar-refractivity contribution < 1.29 is 0 Å². The molecule has 68 valence electrons. The summed E-state index contributed by atoms with van der Waals surface area (Å²) in [5, 5.41) is 12.3. The number of hydrogen-bond donors (Lipinski definition) is 1. The molecule has 0 bridgehead atoms. The maximum absolute atomic E-state index is 5.87. The van der Waals surface area contributed by atoms with Gasteiger partial charge >= 0.3 is 0 Å². The van der Waals surface area contributed by atoms with Crippen LogP contribution in [-0.4, -0.2) is 20.0 Å². The molecule has 1 aromatic carbocycles. The van der Waals surface area contributed by atoms with Gasteiger partial charge in [0.25, 0.3) is 0 Å². The number of nitrogen functional groups attached to an aromatic ring is 1. The van der Waals surface area contributed by atoms with Crippen LogP contribution in [0.3, 0.4) is 0 Å². The minimum Gasteiger partial charge on any atom is -0.398 e. The summed E-state index contributed by atoms with van der Waals surface area (Å²) in [7, 11) is 0. The average molecular weight is 185 g/mol. The Hall–Kier alpha value is -2.17. The van der Waals surface area contributed by atoms with E-state index >= 15 is 0 Å². The molecule has 14 heavy (non-hydrogen) atoms. The second-order valence-electron chi connectivity index (χ2n) is 3.07. The summed E-state index contributed by atoms with van der Waals surface area (Å²) in [5.41, 5.74) is 8.16. The van der Waals surface area contributed by atoms with Crippen LogP contribution >= 0.6 is 0 Å². The number of anilines is 1.